The SMILES string of the molecule is CCCc1cc(C(=O)O)cc(NC2(CO)CCCC2)n1. The first kappa shape index (κ1) is 14.8. The van der Waals surface area contributed by atoms with Gasteiger partial charge in [0.15, 0.2) is 0 Å². The minimum Gasteiger partial charge on any atom is -0.478 e. The second-order valence-corrected chi connectivity index (χ2v) is 5.56. The minimum absolute atomic E-state index is 0.0507. The van der Waals surface area contributed by atoms with E-state index in [9.17, 15) is 15.0 Å². The van der Waals surface area contributed by atoms with E-state index >= 15 is 0 Å². The van der Waals surface area contributed by atoms with E-state index < -0.39 is 5.97 Å². The standard InChI is InChI=1S/C15H22N2O3/c1-2-5-12-8-11(14(19)20)9-13(16-12)17-15(10-18)6-3-4-7-15/h8-9,18H,2-7,10H2,1H3,(H,16,17)(H,19,20). The summed E-state index contributed by atoms with van der Waals surface area (Å²) in [6.07, 6.45) is 5.61. The third kappa shape index (κ3) is 3.28. The number of aromatic carboxylic acids is 1. The summed E-state index contributed by atoms with van der Waals surface area (Å²) in [5, 5.41) is 22.1. The molecule has 5 nitrogen and oxygen atoms in total. The summed E-state index contributed by atoms with van der Waals surface area (Å²) >= 11 is 0. The van der Waals surface area contributed by atoms with Gasteiger partial charge in [0.2, 0.25) is 0 Å². The number of hydrogen-bond donors (Lipinski definition) is 3. The molecule has 0 aromatic carbocycles. The molecule has 1 saturated carbocycles. The highest BCUT2D eigenvalue weighted by Gasteiger charge is 2.33. The monoisotopic (exact) mass is 278 g/mol. The van der Waals surface area contributed by atoms with Crippen LogP contribution in [-0.2, 0) is 6.42 Å². The Morgan fingerprint density at radius 1 is 1.40 bits per heavy atom. The molecule has 0 bridgehead atoms. The number of rotatable bonds is 6. The van der Waals surface area contributed by atoms with Crippen LogP contribution in [0.4, 0.5) is 5.82 Å². The van der Waals surface area contributed by atoms with Crippen LogP contribution >= 0.6 is 0 Å². The molecule has 0 amide bonds. The molecule has 110 valence electrons. The third-order valence-corrected chi connectivity index (χ3v) is 3.89. The Bertz CT molecular complexity index is 482. The fourth-order valence-corrected chi connectivity index (χ4v) is 2.81. The van der Waals surface area contributed by atoms with Gasteiger partial charge in [0, 0.05) is 5.69 Å². The van der Waals surface area contributed by atoms with Gasteiger partial charge in [-0.15, -0.1) is 0 Å². The van der Waals surface area contributed by atoms with Crippen LogP contribution in [0.25, 0.3) is 0 Å². The van der Waals surface area contributed by atoms with Crippen LogP contribution < -0.4 is 5.32 Å². The maximum Gasteiger partial charge on any atom is 0.335 e. The minimum atomic E-state index is -0.947. The highest BCUT2D eigenvalue weighted by atomic mass is 16.4. The van der Waals surface area contributed by atoms with Gasteiger partial charge in [0.1, 0.15) is 5.82 Å². The summed E-state index contributed by atoms with van der Waals surface area (Å²) in [6.45, 7) is 2.09. The van der Waals surface area contributed by atoms with Crippen LogP contribution in [0.2, 0.25) is 0 Å². The van der Waals surface area contributed by atoms with Crippen molar-refractivity contribution in [3.05, 3.63) is 23.4 Å². The van der Waals surface area contributed by atoms with Crippen molar-refractivity contribution in [3.8, 4) is 0 Å². The van der Waals surface area contributed by atoms with E-state index in [-0.39, 0.29) is 17.7 Å². The van der Waals surface area contributed by atoms with Gasteiger partial charge in [-0.2, -0.15) is 0 Å². The molecule has 0 atom stereocenters. The van der Waals surface area contributed by atoms with Crippen LogP contribution in [0, 0.1) is 0 Å². The number of aliphatic hydroxyl groups excluding tert-OH is 1. The summed E-state index contributed by atoms with van der Waals surface area (Å²) in [7, 11) is 0. The van der Waals surface area contributed by atoms with Crippen LogP contribution in [0.15, 0.2) is 12.1 Å². The largest absolute Gasteiger partial charge is 0.478 e. The molecule has 1 fully saturated rings. The number of carboxylic acid groups (broad SMARTS) is 1. The van der Waals surface area contributed by atoms with E-state index in [0.717, 1.165) is 44.2 Å². The number of hydrogen-bond acceptors (Lipinski definition) is 4. The summed E-state index contributed by atoms with van der Waals surface area (Å²) in [5.41, 5.74) is 0.686. The van der Waals surface area contributed by atoms with Gasteiger partial charge in [0.25, 0.3) is 0 Å². The van der Waals surface area contributed by atoms with E-state index in [0.29, 0.717) is 5.82 Å². The predicted octanol–water partition coefficient (Wildman–Crippen LogP) is 2.45. The molecule has 0 spiro atoms. The van der Waals surface area contributed by atoms with Crippen molar-refractivity contribution in [2.45, 2.75) is 51.0 Å². The van der Waals surface area contributed by atoms with E-state index in [1.54, 1.807) is 12.1 Å². The second kappa shape index (κ2) is 6.22. The Hall–Kier alpha value is -1.62. The number of aromatic nitrogens is 1. The zero-order valence-electron chi connectivity index (χ0n) is 11.9. The highest BCUT2D eigenvalue weighted by Crippen LogP contribution is 2.32. The molecule has 1 aliphatic rings. The zero-order valence-corrected chi connectivity index (χ0v) is 11.9. The van der Waals surface area contributed by atoms with Gasteiger partial charge in [-0.3, -0.25) is 0 Å². The van der Waals surface area contributed by atoms with Gasteiger partial charge in [0.05, 0.1) is 17.7 Å². The lowest BCUT2D eigenvalue weighted by atomic mass is 9.99. The maximum absolute atomic E-state index is 11.2. The summed E-state index contributed by atoms with van der Waals surface area (Å²) in [4.78, 5) is 15.7. The van der Waals surface area contributed by atoms with E-state index in [4.69, 9.17) is 0 Å². The van der Waals surface area contributed by atoms with Crippen molar-refractivity contribution in [1.82, 2.24) is 4.98 Å². The molecule has 1 aliphatic carbocycles. The molecule has 2 rings (SSSR count). The number of aryl methyl sites for hydroxylation is 1. The number of nitrogens with zero attached hydrogens (tertiary/aromatic N) is 1. The molecule has 0 saturated heterocycles. The predicted molar refractivity (Wildman–Crippen MR) is 77.1 cm³/mol. The number of pyridine rings is 1. The second-order valence-electron chi connectivity index (χ2n) is 5.56. The Morgan fingerprint density at radius 2 is 2.10 bits per heavy atom. The molecule has 5 heteroatoms. The Labute approximate surface area is 119 Å². The smallest absolute Gasteiger partial charge is 0.335 e. The third-order valence-electron chi connectivity index (χ3n) is 3.89. The van der Waals surface area contributed by atoms with Crippen molar-refractivity contribution in [2.75, 3.05) is 11.9 Å². The highest BCUT2D eigenvalue weighted by molar-refractivity contribution is 5.88. The molecule has 0 unspecified atom stereocenters. The number of carbonyl (C=O) groups is 1. The molecule has 1 aromatic heterocycles. The van der Waals surface area contributed by atoms with E-state index in [1.807, 2.05) is 6.92 Å². The molecule has 1 heterocycles. The van der Waals surface area contributed by atoms with Crippen molar-refractivity contribution in [3.63, 3.8) is 0 Å². The summed E-state index contributed by atoms with van der Waals surface area (Å²) < 4.78 is 0. The number of carboxylic acids is 1. The Kier molecular flexibility index (Phi) is 4.60. The van der Waals surface area contributed by atoms with Gasteiger partial charge in [-0.25, -0.2) is 9.78 Å². The molecule has 0 aliphatic heterocycles. The molecule has 0 radical (unpaired) electrons. The zero-order chi connectivity index (χ0) is 14.6. The first-order valence-corrected chi connectivity index (χ1v) is 7.22. The van der Waals surface area contributed by atoms with Gasteiger partial charge in [-0.1, -0.05) is 26.2 Å². The molecular formula is C15H22N2O3. The summed E-state index contributed by atoms with van der Waals surface area (Å²) in [6, 6.07) is 3.18. The first-order chi connectivity index (χ1) is 9.58. The van der Waals surface area contributed by atoms with Gasteiger partial charge < -0.3 is 15.5 Å². The lowest BCUT2D eigenvalue weighted by Crippen LogP contribution is -2.39. The summed E-state index contributed by atoms with van der Waals surface area (Å²) in [5.74, 6) is -0.387. The normalized spacial score (nSPS) is 17.1. The average molecular weight is 278 g/mol. The van der Waals surface area contributed by atoms with Crippen LogP contribution in [0.3, 0.4) is 0 Å². The van der Waals surface area contributed by atoms with Crippen molar-refractivity contribution in [1.29, 1.82) is 0 Å². The molecule has 20 heavy (non-hydrogen) atoms. The average Bonchev–Trinajstić information content (AvgIpc) is 2.88. The maximum atomic E-state index is 11.2. The fourth-order valence-electron chi connectivity index (χ4n) is 2.81. The number of anilines is 1. The van der Waals surface area contributed by atoms with Gasteiger partial charge in [-0.05, 0) is 31.4 Å². The molecule has 3 N–H and O–H groups in total. The lowest BCUT2D eigenvalue weighted by molar-refractivity contribution is 0.0696. The van der Waals surface area contributed by atoms with Crippen LogP contribution in [-0.4, -0.2) is 33.3 Å². The number of nitrogens with one attached hydrogen (secondary N) is 1. The Morgan fingerprint density at radius 3 is 2.65 bits per heavy atom. The molecular weight excluding hydrogens is 256 g/mol. The fraction of sp³-hybridized carbons (Fsp3) is 0.600. The van der Waals surface area contributed by atoms with Crippen molar-refractivity contribution >= 4 is 11.8 Å². The number of aliphatic hydroxyl groups is 1. The quantitative estimate of drug-likeness (QED) is 0.744. The van der Waals surface area contributed by atoms with Crippen LogP contribution in [0.5, 0.6) is 0 Å². The van der Waals surface area contributed by atoms with Crippen molar-refractivity contribution in [2.24, 2.45) is 0 Å². The van der Waals surface area contributed by atoms with E-state index in [1.165, 1.54) is 0 Å². The van der Waals surface area contributed by atoms with E-state index in [2.05, 4.69) is 10.3 Å². The van der Waals surface area contributed by atoms with Crippen LogP contribution in [0.1, 0.15) is 55.1 Å². The molecule has 1 aromatic rings. The van der Waals surface area contributed by atoms with Gasteiger partial charge >= 0.3 is 5.97 Å². The Balaban J connectivity index is 2.27. The first-order valence-electron chi connectivity index (χ1n) is 7.22. The topological polar surface area (TPSA) is 82.5 Å². The van der Waals surface area contributed by atoms with Crippen molar-refractivity contribution < 1.29 is 15.0 Å². The lowest BCUT2D eigenvalue weighted by Gasteiger charge is -2.29.